The van der Waals surface area contributed by atoms with Crippen LogP contribution in [0.15, 0.2) is 60.7 Å². The van der Waals surface area contributed by atoms with Gasteiger partial charge in [-0.1, -0.05) is 60.7 Å². The normalized spacial score (nSPS) is 13.3. The van der Waals surface area contributed by atoms with E-state index in [1.165, 1.54) is 0 Å². The van der Waals surface area contributed by atoms with E-state index in [0.717, 1.165) is 11.1 Å². The Morgan fingerprint density at radius 2 is 1.18 bits per heavy atom. The van der Waals surface area contributed by atoms with Gasteiger partial charge >= 0.3 is 11.9 Å². The molecule has 0 aliphatic rings. The van der Waals surface area contributed by atoms with Crippen LogP contribution in [0.5, 0.6) is 0 Å². The van der Waals surface area contributed by atoms with Crippen molar-refractivity contribution in [2.24, 2.45) is 5.73 Å². The molecule has 0 aromatic heterocycles. The third-order valence-corrected chi connectivity index (χ3v) is 5.26. The minimum Gasteiger partial charge on any atom is -0.480 e. The van der Waals surface area contributed by atoms with Gasteiger partial charge < -0.3 is 26.6 Å². The highest BCUT2D eigenvalue weighted by atomic mass is 16.4. The SMILES string of the molecule is N[C@@H](CCCC(=O)N[C@@H](Cc1ccccc1)C(=O)O)CC(=O)N[C@@H](Cc1ccccc1)C(=O)O. The summed E-state index contributed by atoms with van der Waals surface area (Å²) < 4.78 is 0. The van der Waals surface area contributed by atoms with Crippen LogP contribution in [0.2, 0.25) is 0 Å². The van der Waals surface area contributed by atoms with Gasteiger partial charge in [-0.15, -0.1) is 0 Å². The number of carbonyl (C=O) groups excluding carboxylic acids is 2. The van der Waals surface area contributed by atoms with Crippen molar-refractivity contribution < 1.29 is 29.4 Å². The largest absolute Gasteiger partial charge is 0.480 e. The van der Waals surface area contributed by atoms with E-state index in [4.69, 9.17) is 5.73 Å². The summed E-state index contributed by atoms with van der Waals surface area (Å²) in [6.45, 7) is 0. The molecular formula is C25H31N3O6. The Balaban J connectivity index is 1.73. The van der Waals surface area contributed by atoms with Crippen LogP contribution in [0.1, 0.15) is 36.8 Å². The maximum atomic E-state index is 12.3. The zero-order chi connectivity index (χ0) is 24.9. The van der Waals surface area contributed by atoms with Crippen LogP contribution in [-0.2, 0) is 32.0 Å². The number of carboxylic acid groups (broad SMARTS) is 2. The summed E-state index contributed by atoms with van der Waals surface area (Å²) in [6, 6.07) is 15.3. The van der Waals surface area contributed by atoms with Gasteiger partial charge in [-0.25, -0.2) is 9.59 Å². The van der Waals surface area contributed by atoms with Gasteiger partial charge in [0.05, 0.1) is 0 Å². The Hall–Kier alpha value is -3.72. The van der Waals surface area contributed by atoms with Crippen LogP contribution in [0.25, 0.3) is 0 Å². The van der Waals surface area contributed by atoms with Crippen LogP contribution in [-0.4, -0.2) is 52.1 Å². The molecular weight excluding hydrogens is 438 g/mol. The zero-order valence-corrected chi connectivity index (χ0v) is 18.9. The molecule has 2 rings (SSSR count). The van der Waals surface area contributed by atoms with E-state index in [2.05, 4.69) is 10.6 Å². The molecule has 0 unspecified atom stereocenters. The highest BCUT2D eigenvalue weighted by Gasteiger charge is 2.22. The first-order valence-electron chi connectivity index (χ1n) is 11.1. The van der Waals surface area contributed by atoms with E-state index in [1.54, 1.807) is 48.5 Å². The fraction of sp³-hybridized carbons (Fsp3) is 0.360. The summed E-state index contributed by atoms with van der Waals surface area (Å²) in [7, 11) is 0. The third-order valence-electron chi connectivity index (χ3n) is 5.26. The molecule has 0 aliphatic carbocycles. The van der Waals surface area contributed by atoms with Crippen molar-refractivity contribution in [1.82, 2.24) is 10.6 Å². The Morgan fingerprint density at radius 3 is 1.62 bits per heavy atom. The number of hydrogen-bond acceptors (Lipinski definition) is 5. The van der Waals surface area contributed by atoms with E-state index in [1.807, 2.05) is 12.1 Å². The molecule has 0 saturated carbocycles. The number of rotatable bonds is 14. The van der Waals surface area contributed by atoms with E-state index in [0.29, 0.717) is 12.8 Å². The minimum atomic E-state index is -1.13. The fourth-order valence-corrected chi connectivity index (χ4v) is 3.48. The molecule has 0 spiro atoms. The van der Waals surface area contributed by atoms with Gasteiger partial charge in [0.25, 0.3) is 0 Å². The smallest absolute Gasteiger partial charge is 0.326 e. The van der Waals surface area contributed by atoms with Gasteiger partial charge in [0.2, 0.25) is 11.8 Å². The molecule has 0 fully saturated rings. The third kappa shape index (κ3) is 9.83. The molecule has 6 N–H and O–H groups in total. The molecule has 9 heteroatoms. The summed E-state index contributed by atoms with van der Waals surface area (Å²) in [6.07, 6.45) is 1.05. The second kappa shape index (κ2) is 13.7. The predicted molar refractivity (Wildman–Crippen MR) is 126 cm³/mol. The molecule has 34 heavy (non-hydrogen) atoms. The van der Waals surface area contributed by atoms with Gasteiger partial charge in [-0.05, 0) is 24.0 Å². The quantitative estimate of drug-likeness (QED) is 0.280. The first kappa shape index (κ1) is 26.5. The first-order valence-corrected chi connectivity index (χ1v) is 11.1. The van der Waals surface area contributed by atoms with Crippen LogP contribution in [0.4, 0.5) is 0 Å². The van der Waals surface area contributed by atoms with Crippen molar-refractivity contribution in [3.63, 3.8) is 0 Å². The lowest BCUT2D eigenvalue weighted by Crippen LogP contribution is -2.44. The number of carbonyl (C=O) groups is 4. The van der Waals surface area contributed by atoms with Crippen LogP contribution in [0.3, 0.4) is 0 Å². The molecule has 0 heterocycles. The topological polar surface area (TPSA) is 159 Å². The Kier molecular flexibility index (Phi) is 10.7. The van der Waals surface area contributed by atoms with Crippen molar-refractivity contribution in [3.05, 3.63) is 71.8 Å². The molecule has 0 saturated heterocycles. The lowest BCUT2D eigenvalue weighted by molar-refractivity contribution is -0.142. The molecule has 0 radical (unpaired) electrons. The van der Waals surface area contributed by atoms with E-state index < -0.39 is 41.9 Å². The van der Waals surface area contributed by atoms with Gasteiger partial charge in [0, 0.05) is 31.7 Å². The monoisotopic (exact) mass is 469 g/mol. The fourth-order valence-electron chi connectivity index (χ4n) is 3.48. The Labute approximate surface area is 198 Å². The highest BCUT2D eigenvalue weighted by molar-refractivity contribution is 5.84. The second-order valence-corrected chi connectivity index (χ2v) is 8.15. The van der Waals surface area contributed by atoms with Crippen molar-refractivity contribution in [2.75, 3.05) is 0 Å². The van der Waals surface area contributed by atoms with Crippen molar-refractivity contribution in [3.8, 4) is 0 Å². The van der Waals surface area contributed by atoms with Crippen molar-refractivity contribution in [1.29, 1.82) is 0 Å². The minimum absolute atomic E-state index is 0.0691. The Morgan fingerprint density at radius 1 is 0.735 bits per heavy atom. The van der Waals surface area contributed by atoms with Crippen LogP contribution in [0, 0.1) is 0 Å². The molecule has 2 aromatic carbocycles. The average molecular weight is 470 g/mol. The standard InChI is InChI=1S/C25H31N3O6/c26-19(16-23(30)28-21(25(33)34)15-18-10-5-2-6-11-18)12-7-13-22(29)27-20(24(31)32)14-17-8-3-1-4-9-17/h1-6,8-11,19-21H,7,12-16,26H2,(H,27,29)(H,28,30)(H,31,32)(H,33,34)/t19-,20-,21-/m0/s1. The average Bonchev–Trinajstić information content (AvgIpc) is 2.79. The maximum absolute atomic E-state index is 12.3. The molecule has 0 aliphatic heterocycles. The lowest BCUT2D eigenvalue weighted by Gasteiger charge is -2.17. The predicted octanol–water partition coefficient (Wildman–Crippen LogP) is 1.50. The summed E-state index contributed by atoms with van der Waals surface area (Å²) in [4.78, 5) is 47.4. The second-order valence-electron chi connectivity index (χ2n) is 8.15. The summed E-state index contributed by atoms with van der Waals surface area (Å²) in [5.41, 5.74) is 7.57. The molecule has 182 valence electrons. The highest BCUT2D eigenvalue weighted by Crippen LogP contribution is 2.08. The number of nitrogens with one attached hydrogen (secondary N) is 2. The van der Waals surface area contributed by atoms with Gasteiger partial charge in [0.1, 0.15) is 12.1 Å². The van der Waals surface area contributed by atoms with Gasteiger partial charge in [-0.2, -0.15) is 0 Å². The molecule has 2 amide bonds. The van der Waals surface area contributed by atoms with Gasteiger partial charge in [-0.3, -0.25) is 9.59 Å². The van der Waals surface area contributed by atoms with Crippen molar-refractivity contribution >= 4 is 23.8 Å². The number of nitrogens with two attached hydrogens (primary N) is 1. The lowest BCUT2D eigenvalue weighted by atomic mass is 10.0. The van der Waals surface area contributed by atoms with E-state index in [-0.39, 0.29) is 25.7 Å². The van der Waals surface area contributed by atoms with Crippen LogP contribution >= 0.6 is 0 Å². The van der Waals surface area contributed by atoms with Crippen molar-refractivity contribution in [2.45, 2.75) is 56.7 Å². The number of amides is 2. The summed E-state index contributed by atoms with van der Waals surface area (Å²) in [5.74, 6) is -3.14. The van der Waals surface area contributed by atoms with Gasteiger partial charge in [0.15, 0.2) is 0 Å². The maximum Gasteiger partial charge on any atom is 0.326 e. The molecule has 9 nitrogen and oxygen atoms in total. The van der Waals surface area contributed by atoms with Crippen LogP contribution < -0.4 is 16.4 Å². The molecule has 2 aromatic rings. The van der Waals surface area contributed by atoms with E-state index in [9.17, 15) is 29.4 Å². The summed E-state index contributed by atoms with van der Waals surface area (Å²) in [5, 5.41) is 23.8. The number of hydrogen-bond donors (Lipinski definition) is 5. The summed E-state index contributed by atoms with van der Waals surface area (Å²) >= 11 is 0. The Bertz CT molecular complexity index is 952. The van der Waals surface area contributed by atoms with E-state index >= 15 is 0 Å². The molecule has 0 bridgehead atoms. The zero-order valence-electron chi connectivity index (χ0n) is 18.9. The number of aliphatic carboxylic acids is 2. The molecule has 3 atom stereocenters. The number of benzene rings is 2. The number of carboxylic acids is 2. The first-order chi connectivity index (χ1) is 16.2.